The molecule has 1 heterocycles. The van der Waals surface area contributed by atoms with Crippen LogP contribution in [0.15, 0.2) is 6.33 Å². The maximum absolute atomic E-state index is 11.5. The molecule has 0 aliphatic heterocycles. The fraction of sp³-hybridized carbons (Fsp3) is 0.750. The Morgan fingerprint density at radius 2 is 2.33 bits per heavy atom. The summed E-state index contributed by atoms with van der Waals surface area (Å²) in [5.74, 6) is 0.969. The van der Waals surface area contributed by atoms with Crippen LogP contribution in [0.3, 0.4) is 0 Å². The highest BCUT2D eigenvalue weighted by molar-refractivity contribution is 5.78. The third-order valence-electron chi connectivity index (χ3n) is 2.75. The Morgan fingerprint density at radius 3 is 2.94 bits per heavy atom. The first-order valence-corrected chi connectivity index (χ1v) is 6.46. The molecule has 6 heteroatoms. The third-order valence-corrected chi connectivity index (χ3v) is 2.75. The van der Waals surface area contributed by atoms with E-state index in [4.69, 9.17) is 0 Å². The van der Waals surface area contributed by atoms with Crippen molar-refractivity contribution < 1.29 is 4.79 Å². The molecule has 0 aliphatic carbocycles. The lowest BCUT2D eigenvalue weighted by Crippen LogP contribution is -2.39. The van der Waals surface area contributed by atoms with Crippen LogP contribution in [0.25, 0.3) is 0 Å². The maximum Gasteiger partial charge on any atom is 0.234 e. The average Bonchev–Trinajstić information content (AvgIpc) is 2.71. The molecule has 0 fully saturated rings. The van der Waals surface area contributed by atoms with Crippen molar-refractivity contribution in [2.75, 3.05) is 13.1 Å². The van der Waals surface area contributed by atoms with Crippen LogP contribution in [0.1, 0.15) is 32.5 Å². The van der Waals surface area contributed by atoms with Crippen molar-refractivity contribution in [3.8, 4) is 0 Å². The van der Waals surface area contributed by atoms with Crippen molar-refractivity contribution >= 4 is 5.91 Å². The normalized spacial score (nSPS) is 12.4. The summed E-state index contributed by atoms with van der Waals surface area (Å²) in [4.78, 5) is 11.5. The van der Waals surface area contributed by atoms with Crippen molar-refractivity contribution in [2.45, 2.75) is 39.2 Å². The minimum Gasteiger partial charge on any atom is -0.353 e. The predicted molar refractivity (Wildman–Crippen MR) is 70.1 cm³/mol. The van der Waals surface area contributed by atoms with Crippen LogP contribution in [0.5, 0.6) is 0 Å². The molecule has 6 nitrogen and oxygen atoms in total. The molecule has 0 saturated heterocycles. The van der Waals surface area contributed by atoms with Gasteiger partial charge in [-0.15, -0.1) is 10.2 Å². The summed E-state index contributed by atoms with van der Waals surface area (Å²) >= 11 is 0. The lowest BCUT2D eigenvalue weighted by molar-refractivity contribution is -0.120. The summed E-state index contributed by atoms with van der Waals surface area (Å²) in [7, 11) is 1.91. The van der Waals surface area contributed by atoms with E-state index in [1.54, 1.807) is 6.33 Å². The molecule has 0 saturated carbocycles. The Hall–Kier alpha value is -1.43. The van der Waals surface area contributed by atoms with Gasteiger partial charge in [0.1, 0.15) is 12.2 Å². The zero-order valence-electron chi connectivity index (χ0n) is 11.4. The van der Waals surface area contributed by atoms with E-state index in [-0.39, 0.29) is 11.9 Å². The van der Waals surface area contributed by atoms with E-state index in [1.807, 2.05) is 18.5 Å². The SMILES string of the molecule is CCCC(C)NC(=O)CNCCc1nncn1C. The smallest absolute Gasteiger partial charge is 0.234 e. The van der Waals surface area contributed by atoms with Crippen LogP contribution in [0, 0.1) is 0 Å². The zero-order valence-corrected chi connectivity index (χ0v) is 11.4. The maximum atomic E-state index is 11.5. The molecule has 0 spiro atoms. The molecule has 102 valence electrons. The number of aromatic nitrogens is 3. The standard InChI is InChI=1S/C12H23N5O/c1-4-5-10(2)15-12(18)8-13-7-6-11-16-14-9-17(11)3/h9-10,13H,4-8H2,1-3H3,(H,15,18). The van der Waals surface area contributed by atoms with Crippen LogP contribution in [-0.2, 0) is 18.3 Å². The summed E-state index contributed by atoms with van der Waals surface area (Å²) in [5.41, 5.74) is 0. The number of nitrogens with zero attached hydrogens (tertiary/aromatic N) is 3. The van der Waals surface area contributed by atoms with Gasteiger partial charge in [-0.05, 0) is 13.3 Å². The molecule has 1 amide bonds. The second-order valence-corrected chi connectivity index (χ2v) is 4.54. The lowest BCUT2D eigenvalue weighted by Gasteiger charge is -2.12. The number of hydrogen-bond donors (Lipinski definition) is 2. The molecule has 1 rings (SSSR count). The molecule has 0 bridgehead atoms. The molecular formula is C12H23N5O. The topological polar surface area (TPSA) is 71.8 Å². The molecule has 1 unspecified atom stereocenters. The van der Waals surface area contributed by atoms with E-state index in [0.717, 1.165) is 31.6 Å². The molecule has 0 radical (unpaired) electrons. The minimum absolute atomic E-state index is 0.0499. The largest absolute Gasteiger partial charge is 0.353 e. The number of carbonyl (C=O) groups is 1. The Morgan fingerprint density at radius 1 is 1.56 bits per heavy atom. The quantitative estimate of drug-likeness (QED) is 0.652. The van der Waals surface area contributed by atoms with Crippen LogP contribution in [0.2, 0.25) is 0 Å². The van der Waals surface area contributed by atoms with Crippen LogP contribution in [0.4, 0.5) is 0 Å². The van der Waals surface area contributed by atoms with Crippen molar-refractivity contribution in [3.05, 3.63) is 12.2 Å². The molecular weight excluding hydrogens is 230 g/mol. The van der Waals surface area contributed by atoms with E-state index >= 15 is 0 Å². The number of hydrogen-bond acceptors (Lipinski definition) is 4. The number of amides is 1. The van der Waals surface area contributed by atoms with Crippen LogP contribution < -0.4 is 10.6 Å². The second kappa shape index (κ2) is 7.81. The molecule has 0 aromatic carbocycles. The zero-order chi connectivity index (χ0) is 13.4. The molecule has 1 atom stereocenters. The Labute approximate surface area is 108 Å². The summed E-state index contributed by atoms with van der Waals surface area (Å²) in [6.07, 6.45) is 4.55. The first-order valence-electron chi connectivity index (χ1n) is 6.46. The minimum atomic E-state index is 0.0499. The summed E-state index contributed by atoms with van der Waals surface area (Å²) in [5, 5.41) is 13.8. The Kier molecular flexibility index (Phi) is 6.35. The van der Waals surface area contributed by atoms with Crippen molar-refractivity contribution in [3.63, 3.8) is 0 Å². The van der Waals surface area contributed by atoms with E-state index < -0.39 is 0 Å². The highest BCUT2D eigenvalue weighted by Gasteiger charge is 2.06. The summed E-state index contributed by atoms with van der Waals surface area (Å²) < 4.78 is 1.88. The van der Waals surface area contributed by atoms with E-state index in [2.05, 4.69) is 27.8 Å². The van der Waals surface area contributed by atoms with Gasteiger partial charge in [-0.2, -0.15) is 0 Å². The summed E-state index contributed by atoms with van der Waals surface area (Å²) in [6, 6.07) is 0.253. The van der Waals surface area contributed by atoms with Crippen molar-refractivity contribution in [1.29, 1.82) is 0 Å². The van der Waals surface area contributed by atoms with E-state index in [1.165, 1.54) is 0 Å². The third kappa shape index (κ3) is 5.27. The second-order valence-electron chi connectivity index (χ2n) is 4.54. The van der Waals surface area contributed by atoms with Crippen molar-refractivity contribution in [1.82, 2.24) is 25.4 Å². The highest BCUT2D eigenvalue weighted by atomic mass is 16.1. The molecule has 2 N–H and O–H groups in total. The monoisotopic (exact) mass is 253 g/mol. The Balaban J connectivity index is 2.11. The molecule has 0 aliphatic rings. The van der Waals surface area contributed by atoms with E-state index in [0.29, 0.717) is 6.54 Å². The van der Waals surface area contributed by atoms with Gasteiger partial charge in [0.2, 0.25) is 5.91 Å². The molecule has 1 aromatic heterocycles. The average molecular weight is 253 g/mol. The van der Waals surface area contributed by atoms with Gasteiger partial charge in [-0.1, -0.05) is 13.3 Å². The van der Waals surface area contributed by atoms with Gasteiger partial charge in [0.15, 0.2) is 0 Å². The fourth-order valence-corrected chi connectivity index (χ4v) is 1.77. The number of aryl methyl sites for hydroxylation is 1. The van der Waals surface area contributed by atoms with Gasteiger partial charge in [0.25, 0.3) is 0 Å². The van der Waals surface area contributed by atoms with Gasteiger partial charge in [0.05, 0.1) is 6.54 Å². The summed E-state index contributed by atoms with van der Waals surface area (Å²) in [6.45, 7) is 5.22. The molecule has 18 heavy (non-hydrogen) atoms. The van der Waals surface area contributed by atoms with Gasteiger partial charge < -0.3 is 15.2 Å². The fourth-order valence-electron chi connectivity index (χ4n) is 1.77. The van der Waals surface area contributed by atoms with Gasteiger partial charge in [-0.25, -0.2) is 0 Å². The van der Waals surface area contributed by atoms with Crippen LogP contribution in [-0.4, -0.2) is 39.8 Å². The number of nitrogens with one attached hydrogen (secondary N) is 2. The molecule has 1 aromatic rings. The van der Waals surface area contributed by atoms with Gasteiger partial charge in [-0.3, -0.25) is 4.79 Å². The van der Waals surface area contributed by atoms with Gasteiger partial charge >= 0.3 is 0 Å². The Bertz CT molecular complexity index is 363. The number of rotatable bonds is 8. The first-order chi connectivity index (χ1) is 8.63. The van der Waals surface area contributed by atoms with E-state index in [9.17, 15) is 4.79 Å². The number of carbonyl (C=O) groups excluding carboxylic acids is 1. The highest BCUT2D eigenvalue weighted by Crippen LogP contribution is 1.94. The first kappa shape index (κ1) is 14.6. The van der Waals surface area contributed by atoms with Gasteiger partial charge in [0, 0.05) is 26.1 Å². The van der Waals surface area contributed by atoms with Crippen molar-refractivity contribution in [2.24, 2.45) is 7.05 Å². The van der Waals surface area contributed by atoms with Crippen LogP contribution >= 0.6 is 0 Å². The predicted octanol–water partition coefficient (Wildman–Crippen LogP) is 0.252. The lowest BCUT2D eigenvalue weighted by atomic mass is 10.2.